The lowest BCUT2D eigenvalue weighted by Crippen LogP contribution is -2.15. The topological polar surface area (TPSA) is 84.1 Å². The minimum atomic E-state index is -0.457. The van der Waals surface area contributed by atoms with Gasteiger partial charge in [-0.2, -0.15) is 0 Å². The molecule has 5 rings (SSSR count). The Morgan fingerprint density at radius 3 is 2.68 bits per heavy atom. The van der Waals surface area contributed by atoms with Crippen LogP contribution in [-0.2, 0) is 16.0 Å². The number of hydrogen-bond acceptors (Lipinski definition) is 4. The summed E-state index contributed by atoms with van der Waals surface area (Å²) in [5.74, 6) is -0.624. The van der Waals surface area contributed by atoms with E-state index >= 15 is 0 Å². The number of amides is 1. The van der Waals surface area contributed by atoms with Gasteiger partial charge in [0.1, 0.15) is 0 Å². The first kappa shape index (κ1) is 24.5. The molecule has 3 aromatic carbocycles. The van der Waals surface area contributed by atoms with Gasteiger partial charge in [-0.15, -0.1) is 0 Å². The van der Waals surface area contributed by atoms with Crippen molar-refractivity contribution in [1.29, 1.82) is 0 Å². The molecule has 5 aromatic rings. The third-order valence-electron chi connectivity index (χ3n) is 6.25. The SMILES string of the molecule is CCOC(=O)c1ccccc1NC(=O)CCCc1c(-c2ccc3ccccc3n2)[nH]c2ccc(Cl)cc12. The summed E-state index contributed by atoms with van der Waals surface area (Å²) < 4.78 is 5.10. The number of ether oxygens (including phenoxy) is 1. The Hall–Kier alpha value is -4.16. The molecule has 0 atom stereocenters. The van der Waals surface area contributed by atoms with E-state index in [0.29, 0.717) is 29.1 Å². The first-order valence-electron chi connectivity index (χ1n) is 12.3. The number of anilines is 1. The fraction of sp³-hybridized carbons (Fsp3) is 0.167. The summed E-state index contributed by atoms with van der Waals surface area (Å²) in [4.78, 5) is 33.4. The van der Waals surface area contributed by atoms with Crippen molar-refractivity contribution in [3.8, 4) is 11.4 Å². The first-order valence-corrected chi connectivity index (χ1v) is 12.6. The minimum absolute atomic E-state index is 0.167. The summed E-state index contributed by atoms with van der Waals surface area (Å²) >= 11 is 6.33. The maximum Gasteiger partial charge on any atom is 0.340 e. The number of H-pyrrole nitrogens is 1. The molecule has 0 aliphatic heterocycles. The number of para-hydroxylation sites is 2. The van der Waals surface area contributed by atoms with Crippen molar-refractivity contribution in [2.45, 2.75) is 26.2 Å². The molecule has 7 heteroatoms. The number of benzene rings is 3. The maximum atomic E-state index is 12.8. The van der Waals surface area contributed by atoms with Gasteiger partial charge < -0.3 is 15.0 Å². The number of nitrogens with one attached hydrogen (secondary N) is 2. The van der Waals surface area contributed by atoms with E-state index in [1.54, 1.807) is 31.2 Å². The lowest BCUT2D eigenvalue weighted by molar-refractivity contribution is -0.116. The highest BCUT2D eigenvalue weighted by Gasteiger charge is 2.17. The monoisotopic (exact) mass is 511 g/mol. The Morgan fingerprint density at radius 1 is 1.00 bits per heavy atom. The molecule has 2 N–H and O–H groups in total. The Morgan fingerprint density at radius 2 is 1.81 bits per heavy atom. The minimum Gasteiger partial charge on any atom is -0.462 e. The van der Waals surface area contributed by atoms with Gasteiger partial charge in [-0.3, -0.25) is 4.79 Å². The summed E-state index contributed by atoms with van der Waals surface area (Å²) in [5.41, 5.74) is 5.52. The standard InChI is InChI=1S/C30H26ClN3O3/c1-2-37-30(36)22-9-4-6-12-25(22)33-28(35)13-7-10-21-23-18-20(31)15-17-26(23)34-29(21)27-16-14-19-8-3-5-11-24(19)32-27/h3-6,8-9,11-12,14-18,34H,2,7,10,13H2,1H3,(H,33,35). The third-order valence-corrected chi connectivity index (χ3v) is 6.48. The predicted molar refractivity (Wildman–Crippen MR) is 148 cm³/mol. The van der Waals surface area contributed by atoms with Gasteiger partial charge in [0.25, 0.3) is 0 Å². The Bertz CT molecular complexity index is 1610. The second-order valence-electron chi connectivity index (χ2n) is 8.73. The highest BCUT2D eigenvalue weighted by Crippen LogP contribution is 2.33. The van der Waals surface area contributed by atoms with Crippen LogP contribution in [-0.4, -0.2) is 28.5 Å². The van der Waals surface area contributed by atoms with Crippen molar-refractivity contribution in [3.05, 3.63) is 95.0 Å². The molecule has 1 amide bonds. The average Bonchev–Trinajstić information content (AvgIpc) is 3.26. The fourth-order valence-corrected chi connectivity index (χ4v) is 4.69. The average molecular weight is 512 g/mol. The van der Waals surface area contributed by atoms with Crippen molar-refractivity contribution in [3.63, 3.8) is 0 Å². The lowest BCUT2D eigenvalue weighted by atomic mass is 10.0. The summed E-state index contributed by atoms with van der Waals surface area (Å²) in [6.07, 6.45) is 1.54. The van der Waals surface area contributed by atoms with E-state index in [9.17, 15) is 9.59 Å². The molecule has 0 saturated carbocycles. The molecule has 6 nitrogen and oxygen atoms in total. The van der Waals surface area contributed by atoms with Crippen LogP contribution < -0.4 is 5.32 Å². The number of hydrogen-bond donors (Lipinski definition) is 2. The van der Waals surface area contributed by atoms with Crippen LogP contribution in [0.2, 0.25) is 5.02 Å². The quantitative estimate of drug-likeness (QED) is 0.216. The highest BCUT2D eigenvalue weighted by atomic mass is 35.5. The van der Waals surface area contributed by atoms with E-state index in [-0.39, 0.29) is 18.9 Å². The fourth-order valence-electron chi connectivity index (χ4n) is 4.52. The van der Waals surface area contributed by atoms with Crippen LogP contribution in [0.5, 0.6) is 0 Å². The third kappa shape index (κ3) is 5.34. The number of halogens is 1. The summed E-state index contributed by atoms with van der Waals surface area (Å²) in [5, 5.41) is 5.61. The molecule has 0 aliphatic carbocycles. The van der Waals surface area contributed by atoms with E-state index < -0.39 is 5.97 Å². The Kier molecular flexibility index (Phi) is 7.19. The lowest BCUT2D eigenvalue weighted by Gasteiger charge is -2.10. The largest absolute Gasteiger partial charge is 0.462 e. The molecule has 0 bridgehead atoms. The molecule has 0 unspecified atom stereocenters. The number of nitrogens with zero attached hydrogens (tertiary/aromatic N) is 1. The number of carbonyl (C=O) groups excluding carboxylic acids is 2. The van der Waals surface area contributed by atoms with Crippen LogP contribution in [0.15, 0.2) is 78.9 Å². The van der Waals surface area contributed by atoms with Gasteiger partial charge in [-0.05, 0) is 67.8 Å². The smallest absolute Gasteiger partial charge is 0.340 e. The molecule has 2 aromatic heterocycles. The number of aromatic nitrogens is 2. The van der Waals surface area contributed by atoms with Crippen LogP contribution in [0.3, 0.4) is 0 Å². The number of fused-ring (bicyclic) bond motifs is 2. The van der Waals surface area contributed by atoms with E-state index in [4.69, 9.17) is 21.3 Å². The molecule has 0 saturated heterocycles. The second kappa shape index (κ2) is 10.8. The zero-order chi connectivity index (χ0) is 25.8. The normalized spacial score (nSPS) is 11.1. The molecule has 0 fully saturated rings. The van der Waals surface area contributed by atoms with Crippen LogP contribution in [0.4, 0.5) is 5.69 Å². The zero-order valence-electron chi connectivity index (χ0n) is 20.4. The van der Waals surface area contributed by atoms with E-state index in [1.807, 2.05) is 48.5 Å². The van der Waals surface area contributed by atoms with Gasteiger partial charge in [0.2, 0.25) is 5.91 Å². The van der Waals surface area contributed by atoms with Crippen LogP contribution in [0.25, 0.3) is 33.2 Å². The van der Waals surface area contributed by atoms with Crippen LogP contribution >= 0.6 is 11.6 Å². The molecular weight excluding hydrogens is 486 g/mol. The number of pyridine rings is 1. The Labute approximate surface area is 219 Å². The van der Waals surface area contributed by atoms with Gasteiger partial charge in [0.05, 0.1) is 34.8 Å². The number of esters is 1. The van der Waals surface area contributed by atoms with E-state index in [2.05, 4.69) is 16.4 Å². The molecule has 186 valence electrons. The van der Waals surface area contributed by atoms with Gasteiger partial charge >= 0.3 is 5.97 Å². The van der Waals surface area contributed by atoms with Crippen molar-refractivity contribution >= 4 is 51.0 Å². The summed E-state index contributed by atoms with van der Waals surface area (Å²) in [7, 11) is 0. The van der Waals surface area contributed by atoms with Gasteiger partial charge in [0.15, 0.2) is 0 Å². The van der Waals surface area contributed by atoms with Crippen molar-refractivity contribution < 1.29 is 14.3 Å². The number of rotatable bonds is 8. The first-order chi connectivity index (χ1) is 18.0. The van der Waals surface area contributed by atoms with Crippen molar-refractivity contribution in [2.24, 2.45) is 0 Å². The second-order valence-corrected chi connectivity index (χ2v) is 9.16. The van der Waals surface area contributed by atoms with E-state index in [0.717, 1.165) is 38.8 Å². The van der Waals surface area contributed by atoms with Crippen LogP contribution in [0, 0.1) is 0 Å². The molecule has 2 heterocycles. The zero-order valence-corrected chi connectivity index (χ0v) is 21.1. The summed E-state index contributed by atoms with van der Waals surface area (Å²) in [6.45, 7) is 2.02. The Balaban J connectivity index is 1.37. The maximum absolute atomic E-state index is 12.8. The van der Waals surface area contributed by atoms with Crippen molar-refractivity contribution in [1.82, 2.24) is 9.97 Å². The van der Waals surface area contributed by atoms with Gasteiger partial charge in [-0.25, -0.2) is 9.78 Å². The molecule has 0 radical (unpaired) electrons. The number of carbonyl (C=O) groups is 2. The van der Waals surface area contributed by atoms with Crippen LogP contribution in [0.1, 0.15) is 35.7 Å². The molecular formula is C30H26ClN3O3. The molecule has 37 heavy (non-hydrogen) atoms. The van der Waals surface area contributed by atoms with Crippen molar-refractivity contribution in [2.75, 3.05) is 11.9 Å². The summed E-state index contributed by atoms with van der Waals surface area (Å²) in [6, 6.07) is 24.7. The van der Waals surface area contributed by atoms with E-state index in [1.165, 1.54) is 0 Å². The molecule has 0 aliphatic rings. The van der Waals surface area contributed by atoms with Gasteiger partial charge in [0, 0.05) is 27.7 Å². The number of aryl methyl sites for hydroxylation is 1. The van der Waals surface area contributed by atoms with Gasteiger partial charge in [-0.1, -0.05) is 48.0 Å². The highest BCUT2D eigenvalue weighted by molar-refractivity contribution is 6.31. The molecule has 0 spiro atoms. The number of aromatic amines is 1. The predicted octanol–water partition coefficient (Wildman–Crippen LogP) is 7.17.